The highest BCUT2D eigenvalue weighted by molar-refractivity contribution is 5.94. The van der Waals surface area contributed by atoms with E-state index in [4.69, 9.17) is 4.74 Å². The minimum absolute atomic E-state index is 0.244. The third kappa shape index (κ3) is 4.78. The maximum Gasteiger partial charge on any atom is 0.418 e. The third-order valence-corrected chi connectivity index (χ3v) is 3.96. The number of fused-ring (bicyclic) bond motifs is 1. The molecule has 1 aromatic heterocycles. The van der Waals surface area contributed by atoms with E-state index in [1.165, 1.54) is 12.1 Å². The molecule has 1 amide bonds. The average Bonchev–Trinajstić information content (AvgIpc) is 2.68. The quantitative estimate of drug-likeness (QED) is 0.636. The first-order valence-electron chi connectivity index (χ1n) is 8.33. The Balaban J connectivity index is 1.63. The van der Waals surface area contributed by atoms with Gasteiger partial charge in [-0.1, -0.05) is 30.3 Å². The van der Waals surface area contributed by atoms with E-state index in [1.807, 2.05) is 0 Å². The van der Waals surface area contributed by atoms with Crippen molar-refractivity contribution in [1.29, 1.82) is 0 Å². The Morgan fingerprint density at radius 3 is 2.41 bits per heavy atom. The van der Waals surface area contributed by atoms with Crippen molar-refractivity contribution in [2.75, 3.05) is 11.9 Å². The Bertz CT molecular complexity index is 1130. The summed E-state index contributed by atoms with van der Waals surface area (Å²) in [5, 5.41) is 8.95. The lowest BCUT2D eigenvalue weighted by atomic mass is 10.1. The van der Waals surface area contributed by atoms with Crippen LogP contribution in [0.4, 0.5) is 18.9 Å². The summed E-state index contributed by atoms with van der Waals surface area (Å²) in [6.45, 7) is -0.772. The summed E-state index contributed by atoms with van der Waals surface area (Å²) >= 11 is 0. The number of hydrogen-bond acceptors (Lipinski definition) is 5. The number of ether oxygens (including phenoxy) is 1. The number of rotatable bonds is 5. The van der Waals surface area contributed by atoms with Gasteiger partial charge in [-0.25, -0.2) is 5.10 Å². The van der Waals surface area contributed by atoms with Crippen LogP contribution in [0.3, 0.4) is 0 Å². The number of H-pyrrole nitrogens is 1. The summed E-state index contributed by atoms with van der Waals surface area (Å²) in [5.41, 5.74) is -1.62. The number of halogens is 3. The minimum atomic E-state index is -4.64. The number of anilines is 1. The normalized spacial score (nSPS) is 11.3. The van der Waals surface area contributed by atoms with E-state index in [9.17, 15) is 27.6 Å². The second-order valence-electron chi connectivity index (χ2n) is 5.97. The van der Waals surface area contributed by atoms with Gasteiger partial charge in [0.1, 0.15) is 0 Å². The number of benzene rings is 2. The van der Waals surface area contributed by atoms with Crippen LogP contribution >= 0.6 is 0 Å². The van der Waals surface area contributed by atoms with Gasteiger partial charge in [-0.3, -0.25) is 14.4 Å². The number of para-hydroxylation sites is 1. The maximum absolute atomic E-state index is 12.9. The van der Waals surface area contributed by atoms with E-state index in [0.29, 0.717) is 10.8 Å². The highest BCUT2D eigenvalue weighted by Gasteiger charge is 2.33. The number of aromatic amines is 1. The monoisotopic (exact) mass is 405 g/mol. The summed E-state index contributed by atoms with van der Waals surface area (Å²) in [7, 11) is 0. The lowest BCUT2D eigenvalue weighted by Crippen LogP contribution is -2.23. The lowest BCUT2D eigenvalue weighted by Gasteiger charge is -2.13. The van der Waals surface area contributed by atoms with Gasteiger partial charge < -0.3 is 10.1 Å². The van der Waals surface area contributed by atoms with Crippen molar-refractivity contribution < 1.29 is 27.5 Å². The molecule has 2 aromatic carbocycles. The van der Waals surface area contributed by atoms with Crippen LogP contribution in [-0.4, -0.2) is 28.7 Å². The van der Waals surface area contributed by atoms with Crippen molar-refractivity contribution in [2.45, 2.75) is 12.6 Å². The van der Waals surface area contributed by atoms with E-state index in [1.54, 1.807) is 24.3 Å². The van der Waals surface area contributed by atoms with Crippen molar-refractivity contribution in [1.82, 2.24) is 10.2 Å². The van der Waals surface area contributed by atoms with Gasteiger partial charge in [0, 0.05) is 5.39 Å². The van der Waals surface area contributed by atoms with E-state index in [0.717, 1.165) is 12.1 Å². The molecule has 0 saturated heterocycles. The molecule has 0 atom stereocenters. The van der Waals surface area contributed by atoms with Gasteiger partial charge in [0.05, 0.1) is 28.8 Å². The molecule has 0 aliphatic rings. The molecule has 0 saturated carbocycles. The molecular formula is C19H14F3N3O4. The number of aromatic nitrogens is 2. The molecule has 0 spiro atoms. The molecule has 2 N–H and O–H groups in total. The van der Waals surface area contributed by atoms with E-state index in [2.05, 4.69) is 15.5 Å². The first-order chi connectivity index (χ1) is 13.8. The summed E-state index contributed by atoms with van der Waals surface area (Å²) in [6, 6.07) is 11.0. The molecule has 0 bridgehead atoms. The number of hydrogen-bond donors (Lipinski definition) is 2. The van der Waals surface area contributed by atoms with Gasteiger partial charge in [-0.15, -0.1) is 0 Å². The SMILES string of the molecule is O=C(COC(=O)Cc1n[nH]c(=O)c2ccccc12)Nc1ccccc1C(F)(F)F. The van der Waals surface area contributed by atoms with Crippen LogP contribution in [0.5, 0.6) is 0 Å². The van der Waals surface area contributed by atoms with Crippen molar-refractivity contribution >= 4 is 28.3 Å². The minimum Gasteiger partial charge on any atom is -0.455 e. The van der Waals surface area contributed by atoms with Gasteiger partial charge >= 0.3 is 12.1 Å². The van der Waals surface area contributed by atoms with Crippen LogP contribution < -0.4 is 10.9 Å². The summed E-state index contributed by atoms with van der Waals surface area (Å²) in [5.74, 6) is -1.75. The molecule has 3 aromatic rings. The first kappa shape index (κ1) is 20.1. The van der Waals surface area contributed by atoms with Gasteiger partial charge in [-0.05, 0) is 18.2 Å². The molecule has 0 aliphatic carbocycles. The number of carbonyl (C=O) groups excluding carboxylic acids is 2. The van der Waals surface area contributed by atoms with Crippen molar-refractivity contribution in [3.63, 3.8) is 0 Å². The average molecular weight is 405 g/mol. The summed E-state index contributed by atoms with van der Waals surface area (Å²) in [6.07, 6.45) is -4.97. The molecule has 7 nitrogen and oxygen atoms in total. The second-order valence-corrected chi connectivity index (χ2v) is 5.97. The van der Waals surface area contributed by atoms with Crippen LogP contribution in [0, 0.1) is 0 Å². The molecule has 10 heteroatoms. The van der Waals surface area contributed by atoms with Crippen LogP contribution in [0.15, 0.2) is 53.3 Å². The summed E-state index contributed by atoms with van der Waals surface area (Å²) < 4.78 is 43.6. The van der Waals surface area contributed by atoms with Crippen molar-refractivity contribution in [2.24, 2.45) is 0 Å². The van der Waals surface area contributed by atoms with Crippen LogP contribution in [-0.2, 0) is 26.9 Å². The molecule has 0 aliphatic heterocycles. The topological polar surface area (TPSA) is 101 Å². The maximum atomic E-state index is 12.9. The zero-order chi connectivity index (χ0) is 21.0. The largest absolute Gasteiger partial charge is 0.455 e. The number of amides is 1. The van der Waals surface area contributed by atoms with Gasteiger partial charge in [-0.2, -0.15) is 18.3 Å². The van der Waals surface area contributed by atoms with E-state index < -0.39 is 41.5 Å². The molecule has 3 rings (SSSR count). The number of nitrogens with zero attached hydrogens (tertiary/aromatic N) is 1. The fourth-order valence-electron chi connectivity index (χ4n) is 2.67. The zero-order valence-corrected chi connectivity index (χ0v) is 14.7. The smallest absolute Gasteiger partial charge is 0.418 e. The summed E-state index contributed by atoms with van der Waals surface area (Å²) in [4.78, 5) is 35.6. The van der Waals surface area contributed by atoms with E-state index in [-0.39, 0.29) is 12.1 Å². The Morgan fingerprint density at radius 2 is 1.69 bits per heavy atom. The predicted molar refractivity (Wildman–Crippen MR) is 97.1 cm³/mol. The van der Waals surface area contributed by atoms with Crippen molar-refractivity contribution in [3.8, 4) is 0 Å². The molecule has 29 heavy (non-hydrogen) atoms. The Kier molecular flexibility index (Phi) is 5.62. The molecule has 0 fully saturated rings. The Hall–Kier alpha value is -3.69. The van der Waals surface area contributed by atoms with Crippen LogP contribution in [0.2, 0.25) is 0 Å². The Morgan fingerprint density at radius 1 is 1.03 bits per heavy atom. The molecule has 150 valence electrons. The highest BCUT2D eigenvalue weighted by Crippen LogP contribution is 2.34. The van der Waals surface area contributed by atoms with Gasteiger partial charge in [0.25, 0.3) is 11.5 Å². The van der Waals surface area contributed by atoms with Gasteiger partial charge in [0.15, 0.2) is 6.61 Å². The number of carbonyl (C=O) groups is 2. The predicted octanol–water partition coefficient (Wildman–Crippen LogP) is 2.67. The standard InChI is InChI=1S/C19H14F3N3O4/c20-19(21,22)13-7-3-4-8-14(13)23-16(26)10-29-17(27)9-15-11-5-1-2-6-12(11)18(28)25-24-15/h1-8H,9-10H2,(H,23,26)(H,25,28). The highest BCUT2D eigenvalue weighted by atomic mass is 19.4. The second kappa shape index (κ2) is 8.13. The van der Waals surface area contributed by atoms with Crippen molar-refractivity contribution in [3.05, 3.63) is 70.1 Å². The molecular weight excluding hydrogens is 391 g/mol. The molecule has 1 heterocycles. The van der Waals surface area contributed by atoms with Gasteiger partial charge in [0.2, 0.25) is 0 Å². The van der Waals surface area contributed by atoms with E-state index >= 15 is 0 Å². The molecule has 0 radical (unpaired) electrons. The zero-order valence-electron chi connectivity index (χ0n) is 14.7. The number of nitrogens with one attached hydrogen (secondary N) is 2. The molecule has 0 unspecified atom stereocenters. The van der Waals surface area contributed by atoms with Crippen LogP contribution in [0.1, 0.15) is 11.3 Å². The first-order valence-corrected chi connectivity index (χ1v) is 8.33. The van der Waals surface area contributed by atoms with Crippen LogP contribution in [0.25, 0.3) is 10.8 Å². The fraction of sp³-hybridized carbons (Fsp3) is 0.158. The Labute approximate surface area is 161 Å². The lowest BCUT2D eigenvalue weighted by molar-refractivity contribution is -0.146. The third-order valence-electron chi connectivity index (χ3n) is 3.96. The number of alkyl halides is 3. The fourth-order valence-corrected chi connectivity index (χ4v) is 2.67. The number of esters is 1.